The van der Waals surface area contributed by atoms with Gasteiger partial charge in [-0.2, -0.15) is 5.10 Å². The third-order valence-corrected chi connectivity index (χ3v) is 5.10. The first-order valence-electron chi connectivity index (χ1n) is 9.56. The second-order valence-electron chi connectivity index (χ2n) is 7.37. The summed E-state index contributed by atoms with van der Waals surface area (Å²) in [6, 6.07) is 1.74. The smallest absolute Gasteiger partial charge is 0.407 e. The van der Waals surface area contributed by atoms with Gasteiger partial charge in [-0.3, -0.25) is 0 Å². The lowest BCUT2D eigenvalue weighted by Gasteiger charge is -2.27. The SMILES string of the molecule is O=C(NCc1cn2ncc(CN3CCNC3=O)cc2n1)OC1CCC(F)(F)CC1. The third-order valence-electron chi connectivity index (χ3n) is 5.10. The van der Waals surface area contributed by atoms with Gasteiger partial charge >= 0.3 is 12.1 Å². The number of ether oxygens (including phenoxy) is 1. The minimum Gasteiger partial charge on any atom is -0.446 e. The van der Waals surface area contributed by atoms with Crippen molar-refractivity contribution < 1.29 is 23.1 Å². The Morgan fingerprint density at radius 1 is 1.38 bits per heavy atom. The number of hydrogen-bond acceptors (Lipinski definition) is 5. The number of amides is 3. The lowest BCUT2D eigenvalue weighted by molar-refractivity contribution is -0.0655. The number of rotatable bonds is 5. The maximum atomic E-state index is 13.2. The second-order valence-corrected chi connectivity index (χ2v) is 7.37. The van der Waals surface area contributed by atoms with Crippen molar-refractivity contribution in [1.29, 1.82) is 0 Å². The molecular formula is C18H22F2N6O3. The molecule has 156 valence electrons. The summed E-state index contributed by atoms with van der Waals surface area (Å²) in [5.41, 5.74) is 2.04. The lowest BCUT2D eigenvalue weighted by atomic mass is 9.94. The van der Waals surface area contributed by atoms with Crippen LogP contribution in [0.3, 0.4) is 0 Å². The van der Waals surface area contributed by atoms with Crippen LogP contribution in [-0.4, -0.2) is 56.7 Å². The number of alkyl halides is 2. The first-order chi connectivity index (χ1) is 13.9. The van der Waals surface area contributed by atoms with Gasteiger partial charge in [0.25, 0.3) is 0 Å². The van der Waals surface area contributed by atoms with Crippen molar-refractivity contribution in [3.05, 3.63) is 29.7 Å². The first-order valence-corrected chi connectivity index (χ1v) is 9.56. The number of urea groups is 1. The molecule has 0 aromatic carbocycles. The van der Waals surface area contributed by atoms with E-state index in [2.05, 4.69) is 20.7 Å². The Morgan fingerprint density at radius 3 is 2.90 bits per heavy atom. The summed E-state index contributed by atoms with van der Waals surface area (Å²) in [6.45, 7) is 1.86. The summed E-state index contributed by atoms with van der Waals surface area (Å²) in [5.74, 6) is -2.66. The van der Waals surface area contributed by atoms with E-state index in [0.29, 0.717) is 31.0 Å². The number of alkyl carbamates (subject to hydrolysis) is 1. The van der Waals surface area contributed by atoms with Gasteiger partial charge in [0, 0.05) is 32.5 Å². The molecule has 2 N–H and O–H groups in total. The van der Waals surface area contributed by atoms with Gasteiger partial charge in [0.15, 0.2) is 5.65 Å². The van der Waals surface area contributed by atoms with E-state index in [1.807, 2.05) is 6.07 Å². The topological polar surface area (TPSA) is 101 Å². The number of aromatic nitrogens is 3. The highest BCUT2D eigenvalue weighted by Crippen LogP contribution is 2.34. The summed E-state index contributed by atoms with van der Waals surface area (Å²) >= 11 is 0. The van der Waals surface area contributed by atoms with Gasteiger partial charge in [0.05, 0.1) is 24.6 Å². The lowest BCUT2D eigenvalue weighted by Crippen LogP contribution is -2.34. The van der Waals surface area contributed by atoms with Gasteiger partial charge in [-0.05, 0) is 24.5 Å². The fourth-order valence-corrected chi connectivity index (χ4v) is 3.51. The van der Waals surface area contributed by atoms with E-state index < -0.39 is 18.1 Å². The minimum atomic E-state index is -2.66. The van der Waals surface area contributed by atoms with Crippen molar-refractivity contribution in [2.24, 2.45) is 0 Å². The molecule has 0 atom stereocenters. The molecule has 2 fully saturated rings. The molecule has 1 saturated carbocycles. The highest BCUT2D eigenvalue weighted by atomic mass is 19.3. The standard InChI is InChI=1S/C18H22F2N6O3/c19-18(20)3-1-14(2-4-18)29-17(28)22-9-13-11-26-15(24-13)7-12(8-23-26)10-25-6-5-21-16(25)27/h7-8,11,14H,1-6,9-10H2,(H,21,27)(H,22,28). The summed E-state index contributed by atoms with van der Waals surface area (Å²) in [5, 5.41) is 9.63. The largest absolute Gasteiger partial charge is 0.446 e. The van der Waals surface area contributed by atoms with Crippen molar-refractivity contribution in [3.8, 4) is 0 Å². The van der Waals surface area contributed by atoms with Crippen molar-refractivity contribution in [3.63, 3.8) is 0 Å². The Hall–Kier alpha value is -2.98. The highest BCUT2D eigenvalue weighted by Gasteiger charge is 2.36. The molecule has 11 heteroatoms. The van der Waals surface area contributed by atoms with Crippen LogP contribution >= 0.6 is 0 Å². The fraction of sp³-hybridized carbons (Fsp3) is 0.556. The van der Waals surface area contributed by atoms with E-state index in [9.17, 15) is 18.4 Å². The molecule has 9 nitrogen and oxygen atoms in total. The van der Waals surface area contributed by atoms with Gasteiger partial charge in [-0.15, -0.1) is 0 Å². The molecule has 29 heavy (non-hydrogen) atoms. The summed E-state index contributed by atoms with van der Waals surface area (Å²) in [6.07, 6.45) is 2.03. The normalized spacial score (nSPS) is 19.4. The van der Waals surface area contributed by atoms with Crippen LogP contribution in [0.1, 0.15) is 36.9 Å². The molecule has 2 aromatic rings. The van der Waals surface area contributed by atoms with Gasteiger partial charge in [0.1, 0.15) is 6.10 Å². The molecule has 2 aromatic heterocycles. The van der Waals surface area contributed by atoms with Crippen LogP contribution in [0.2, 0.25) is 0 Å². The summed E-state index contributed by atoms with van der Waals surface area (Å²) < 4.78 is 33.1. The molecule has 1 saturated heterocycles. The molecule has 0 unspecified atom stereocenters. The zero-order chi connectivity index (χ0) is 20.4. The average Bonchev–Trinajstić information content (AvgIpc) is 3.27. The van der Waals surface area contributed by atoms with Crippen LogP contribution in [0.15, 0.2) is 18.5 Å². The van der Waals surface area contributed by atoms with Gasteiger partial charge in [-0.25, -0.2) is 27.9 Å². The number of fused-ring (bicyclic) bond motifs is 1. The van der Waals surface area contributed by atoms with E-state index in [1.165, 1.54) is 0 Å². The minimum absolute atomic E-state index is 0.0988. The second kappa shape index (κ2) is 7.80. The molecule has 2 aliphatic rings. The van der Waals surface area contributed by atoms with E-state index in [1.54, 1.807) is 21.8 Å². The number of carbonyl (C=O) groups is 2. The predicted molar refractivity (Wildman–Crippen MR) is 97.3 cm³/mol. The van der Waals surface area contributed by atoms with Crippen molar-refractivity contribution in [2.75, 3.05) is 13.1 Å². The Morgan fingerprint density at radius 2 is 2.17 bits per heavy atom. The number of carbonyl (C=O) groups excluding carboxylic acids is 2. The first kappa shape index (κ1) is 19.3. The van der Waals surface area contributed by atoms with Gasteiger partial charge in [0.2, 0.25) is 5.92 Å². The van der Waals surface area contributed by atoms with Crippen molar-refractivity contribution >= 4 is 17.8 Å². The van der Waals surface area contributed by atoms with E-state index in [0.717, 1.165) is 5.56 Å². The molecule has 4 rings (SSSR count). The molecule has 0 bridgehead atoms. The number of nitrogens with zero attached hydrogens (tertiary/aromatic N) is 4. The number of halogens is 2. The highest BCUT2D eigenvalue weighted by molar-refractivity contribution is 5.76. The maximum absolute atomic E-state index is 13.2. The van der Waals surface area contributed by atoms with Crippen LogP contribution < -0.4 is 10.6 Å². The molecule has 3 amide bonds. The van der Waals surface area contributed by atoms with E-state index >= 15 is 0 Å². The zero-order valence-corrected chi connectivity index (χ0v) is 15.7. The monoisotopic (exact) mass is 408 g/mol. The van der Waals surface area contributed by atoms with Crippen molar-refractivity contribution in [1.82, 2.24) is 30.1 Å². The molecule has 1 aliphatic heterocycles. The molecule has 1 aliphatic carbocycles. The Labute approximate surface area is 165 Å². The molecular weight excluding hydrogens is 386 g/mol. The Bertz CT molecular complexity index is 908. The fourth-order valence-electron chi connectivity index (χ4n) is 3.51. The summed E-state index contributed by atoms with van der Waals surface area (Å²) in [4.78, 5) is 29.7. The molecule has 3 heterocycles. The van der Waals surface area contributed by atoms with E-state index in [-0.39, 0.29) is 38.3 Å². The Kier molecular flexibility index (Phi) is 5.20. The maximum Gasteiger partial charge on any atom is 0.407 e. The van der Waals surface area contributed by atoms with Crippen LogP contribution in [0, 0.1) is 0 Å². The zero-order valence-electron chi connectivity index (χ0n) is 15.7. The van der Waals surface area contributed by atoms with Crippen LogP contribution in [0.25, 0.3) is 5.65 Å². The number of nitrogens with one attached hydrogen (secondary N) is 2. The average molecular weight is 408 g/mol. The molecule has 0 spiro atoms. The van der Waals surface area contributed by atoms with E-state index in [4.69, 9.17) is 4.74 Å². The van der Waals surface area contributed by atoms with Crippen LogP contribution in [0.4, 0.5) is 18.4 Å². The molecule has 0 radical (unpaired) electrons. The predicted octanol–water partition coefficient (Wildman–Crippen LogP) is 2.06. The van der Waals surface area contributed by atoms with Crippen LogP contribution in [0.5, 0.6) is 0 Å². The number of hydrogen-bond donors (Lipinski definition) is 2. The quantitative estimate of drug-likeness (QED) is 0.789. The summed E-state index contributed by atoms with van der Waals surface area (Å²) in [7, 11) is 0. The van der Waals surface area contributed by atoms with Crippen molar-refractivity contribution in [2.45, 2.75) is 50.8 Å². The van der Waals surface area contributed by atoms with Gasteiger partial charge in [-0.1, -0.05) is 0 Å². The number of imidazole rings is 1. The third kappa shape index (κ3) is 4.72. The Balaban J connectivity index is 1.30. The van der Waals surface area contributed by atoms with Gasteiger partial charge < -0.3 is 20.3 Å². The van der Waals surface area contributed by atoms with Crippen LogP contribution in [-0.2, 0) is 17.8 Å².